The van der Waals surface area contributed by atoms with Crippen LogP contribution >= 0.6 is 0 Å². The molecule has 0 aliphatic carbocycles. The Kier molecular flexibility index (Phi) is 7.93. The first kappa shape index (κ1) is 21.2. The van der Waals surface area contributed by atoms with Crippen LogP contribution in [0.25, 0.3) is 0 Å². The highest BCUT2D eigenvalue weighted by atomic mass is 19.1. The van der Waals surface area contributed by atoms with Gasteiger partial charge in [0.2, 0.25) is 0 Å². The highest BCUT2D eigenvalue weighted by molar-refractivity contribution is 6.01. The molecule has 1 heterocycles. The maximum Gasteiger partial charge on any atom is 0.145 e. The molecule has 2 aromatic rings. The van der Waals surface area contributed by atoms with E-state index in [-0.39, 0.29) is 18.5 Å². The highest BCUT2D eigenvalue weighted by Crippen LogP contribution is 2.19. The molecule has 0 spiro atoms. The number of oxime groups is 1. The van der Waals surface area contributed by atoms with Crippen molar-refractivity contribution in [1.29, 1.82) is 0 Å². The SMILES string of the molecule is C=CCOCC(O)CN(Cc1ccccc1F)CC1CC(c2ccccc2)=NO1. The van der Waals surface area contributed by atoms with Crippen molar-refractivity contribution in [2.75, 3.05) is 26.3 Å². The third-order valence-electron chi connectivity index (χ3n) is 4.67. The summed E-state index contributed by atoms with van der Waals surface area (Å²) in [6, 6.07) is 16.6. The van der Waals surface area contributed by atoms with E-state index < -0.39 is 6.10 Å². The lowest BCUT2D eigenvalue weighted by molar-refractivity contribution is 0.00310. The third kappa shape index (κ3) is 6.49. The first-order valence-electron chi connectivity index (χ1n) is 9.76. The molecule has 0 radical (unpaired) electrons. The van der Waals surface area contributed by atoms with Crippen molar-refractivity contribution >= 4 is 5.71 Å². The molecule has 1 N–H and O–H groups in total. The number of nitrogens with zero attached hydrogens (tertiary/aromatic N) is 2. The van der Waals surface area contributed by atoms with Gasteiger partial charge in [0.1, 0.15) is 11.9 Å². The Morgan fingerprint density at radius 3 is 2.76 bits per heavy atom. The first-order chi connectivity index (χ1) is 14.2. The number of aliphatic hydroxyl groups is 1. The molecule has 0 aromatic heterocycles. The largest absolute Gasteiger partial charge is 0.390 e. The Balaban J connectivity index is 1.62. The Hall–Kier alpha value is -2.54. The summed E-state index contributed by atoms with van der Waals surface area (Å²) in [5.41, 5.74) is 2.51. The molecule has 0 amide bonds. The summed E-state index contributed by atoms with van der Waals surface area (Å²) in [5, 5.41) is 14.6. The number of benzene rings is 2. The molecule has 1 aliphatic rings. The van der Waals surface area contributed by atoms with E-state index in [1.165, 1.54) is 6.07 Å². The van der Waals surface area contributed by atoms with Crippen LogP contribution in [0, 0.1) is 5.82 Å². The number of rotatable bonds is 11. The van der Waals surface area contributed by atoms with Crippen molar-refractivity contribution in [3.63, 3.8) is 0 Å². The van der Waals surface area contributed by atoms with E-state index in [0.29, 0.717) is 38.2 Å². The van der Waals surface area contributed by atoms with Crippen LogP contribution in [0.5, 0.6) is 0 Å². The van der Waals surface area contributed by atoms with Gasteiger partial charge < -0.3 is 14.7 Å². The minimum absolute atomic E-state index is 0.154. The van der Waals surface area contributed by atoms with Crippen LogP contribution in [0.15, 0.2) is 72.4 Å². The van der Waals surface area contributed by atoms with Crippen LogP contribution in [0.4, 0.5) is 4.39 Å². The second kappa shape index (κ2) is 10.9. The zero-order valence-corrected chi connectivity index (χ0v) is 16.4. The van der Waals surface area contributed by atoms with Gasteiger partial charge in [0.15, 0.2) is 0 Å². The molecule has 3 rings (SSSR count). The fraction of sp³-hybridized carbons (Fsp3) is 0.348. The van der Waals surface area contributed by atoms with E-state index in [4.69, 9.17) is 9.57 Å². The van der Waals surface area contributed by atoms with E-state index in [1.807, 2.05) is 41.3 Å². The molecule has 2 atom stereocenters. The van der Waals surface area contributed by atoms with Crippen LogP contribution in [0.1, 0.15) is 17.5 Å². The zero-order valence-electron chi connectivity index (χ0n) is 16.4. The standard InChI is InChI=1S/C23H27FN2O3/c1-2-12-28-17-20(27)15-26(14-19-10-6-7-11-22(19)24)16-21-13-23(25-29-21)18-8-4-3-5-9-18/h2-11,20-21,27H,1,12-17H2. The normalized spacial score (nSPS) is 17.1. The summed E-state index contributed by atoms with van der Waals surface area (Å²) < 4.78 is 19.5. The molecule has 154 valence electrons. The second-order valence-corrected chi connectivity index (χ2v) is 7.10. The molecular weight excluding hydrogens is 371 g/mol. The van der Waals surface area contributed by atoms with E-state index in [0.717, 1.165) is 11.3 Å². The van der Waals surface area contributed by atoms with Crippen molar-refractivity contribution in [2.45, 2.75) is 25.2 Å². The van der Waals surface area contributed by atoms with Gasteiger partial charge in [-0.25, -0.2) is 4.39 Å². The Morgan fingerprint density at radius 1 is 1.24 bits per heavy atom. The molecule has 0 fully saturated rings. The molecular formula is C23H27FN2O3. The quantitative estimate of drug-likeness (QED) is 0.466. The van der Waals surface area contributed by atoms with Crippen molar-refractivity contribution in [1.82, 2.24) is 4.90 Å². The second-order valence-electron chi connectivity index (χ2n) is 7.10. The molecule has 0 bridgehead atoms. The van der Waals surface area contributed by atoms with Crippen LogP contribution < -0.4 is 0 Å². The Morgan fingerprint density at radius 2 is 2.00 bits per heavy atom. The van der Waals surface area contributed by atoms with Crippen molar-refractivity contribution in [3.8, 4) is 0 Å². The summed E-state index contributed by atoms with van der Waals surface area (Å²) in [7, 11) is 0. The lowest BCUT2D eigenvalue weighted by Gasteiger charge is -2.27. The van der Waals surface area contributed by atoms with E-state index in [2.05, 4.69) is 11.7 Å². The van der Waals surface area contributed by atoms with E-state index in [9.17, 15) is 9.50 Å². The van der Waals surface area contributed by atoms with Crippen molar-refractivity contribution in [2.24, 2.45) is 5.16 Å². The highest BCUT2D eigenvalue weighted by Gasteiger charge is 2.26. The fourth-order valence-corrected chi connectivity index (χ4v) is 3.32. The number of aliphatic hydroxyl groups excluding tert-OH is 1. The maximum absolute atomic E-state index is 14.2. The maximum atomic E-state index is 14.2. The number of ether oxygens (including phenoxy) is 1. The summed E-state index contributed by atoms with van der Waals surface area (Å²) in [6.45, 7) is 5.39. The van der Waals surface area contributed by atoms with Gasteiger partial charge >= 0.3 is 0 Å². The number of hydrogen-bond donors (Lipinski definition) is 1. The smallest absolute Gasteiger partial charge is 0.145 e. The topological polar surface area (TPSA) is 54.3 Å². The van der Waals surface area contributed by atoms with Crippen LogP contribution in [-0.2, 0) is 16.1 Å². The van der Waals surface area contributed by atoms with Crippen molar-refractivity contribution in [3.05, 3.63) is 84.2 Å². The van der Waals surface area contributed by atoms with Gasteiger partial charge in [-0.1, -0.05) is 59.8 Å². The zero-order chi connectivity index (χ0) is 20.5. The first-order valence-corrected chi connectivity index (χ1v) is 9.76. The fourth-order valence-electron chi connectivity index (χ4n) is 3.32. The minimum atomic E-state index is -0.697. The van der Waals surface area contributed by atoms with Gasteiger partial charge in [-0.2, -0.15) is 0 Å². The van der Waals surface area contributed by atoms with Gasteiger partial charge in [-0.3, -0.25) is 4.90 Å². The number of hydrogen-bond acceptors (Lipinski definition) is 5. The lowest BCUT2D eigenvalue weighted by Crippen LogP contribution is -2.39. The van der Waals surface area contributed by atoms with Crippen LogP contribution in [0.3, 0.4) is 0 Å². The number of halogens is 1. The van der Waals surface area contributed by atoms with Gasteiger partial charge in [0.05, 0.1) is 25.0 Å². The summed E-state index contributed by atoms with van der Waals surface area (Å²) in [4.78, 5) is 7.61. The van der Waals surface area contributed by atoms with E-state index >= 15 is 0 Å². The molecule has 1 aliphatic heterocycles. The summed E-state index contributed by atoms with van der Waals surface area (Å²) in [5.74, 6) is -0.261. The lowest BCUT2D eigenvalue weighted by atomic mass is 10.0. The molecule has 5 nitrogen and oxygen atoms in total. The summed E-state index contributed by atoms with van der Waals surface area (Å²) >= 11 is 0. The van der Waals surface area contributed by atoms with Crippen LogP contribution in [-0.4, -0.2) is 54.2 Å². The predicted molar refractivity (Wildman–Crippen MR) is 111 cm³/mol. The monoisotopic (exact) mass is 398 g/mol. The Bertz CT molecular complexity index is 813. The Labute approximate surface area is 171 Å². The average molecular weight is 398 g/mol. The predicted octanol–water partition coefficient (Wildman–Crippen LogP) is 3.38. The van der Waals surface area contributed by atoms with Gasteiger partial charge in [0, 0.05) is 31.6 Å². The molecule has 6 heteroatoms. The molecule has 29 heavy (non-hydrogen) atoms. The van der Waals surface area contributed by atoms with Gasteiger partial charge in [0.25, 0.3) is 0 Å². The minimum Gasteiger partial charge on any atom is -0.390 e. The molecule has 2 aromatic carbocycles. The third-order valence-corrected chi connectivity index (χ3v) is 4.67. The molecule has 0 saturated heterocycles. The molecule has 2 unspecified atom stereocenters. The summed E-state index contributed by atoms with van der Waals surface area (Å²) in [6.07, 6.45) is 1.45. The van der Waals surface area contributed by atoms with Gasteiger partial charge in [-0.15, -0.1) is 6.58 Å². The van der Waals surface area contributed by atoms with Crippen LogP contribution in [0.2, 0.25) is 0 Å². The van der Waals surface area contributed by atoms with Crippen molar-refractivity contribution < 1.29 is 19.1 Å². The average Bonchev–Trinajstić information content (AvgIpc) is 3.19. The molecule has 0 saturated carbocycles. The van der Waals surface area contributed by atoms with E-state index in [1.54, 1.807) is 18.2 Å². The van der Waals surface area contributed by atoms with Gasteiger partial charge in [-0.05, 0) is 11.6 Å².